The van der Waals surface area contributed by atoms with E-state index in [0.717, 1.165) is 21.8 Å². The molecule has 3 rings (SSSR count). The lowest BCUT2D eigenvalue weighted by Crippen LogP contribution is -2.49. The monoisotopic (exact) mass is 420 g/mol. The third kappa shape index (κ3) is 5.25. The van der Waals surface area contributed by atoms with Crippen molar-refractivity contribution in [3.05, 3.63) is 65.7 Å². The fraction of sp³-hybridized carbons (Fsp3) is 0.409. The summed E-state index contributed by atoms with van der Waals surface area (Å²) in [5.74, 6) is 0.720. The van der Waals surface area contributed by atoms with Gasteiger partial charge in [0.2, 0.25) is 0 Å². The number of carbonyl (C=O) groups excluding carboxylic acids is 1. The number of benzene rings is 2. The van der Waals surface area contributed by atoms with Crippen LogP contribution >= 0.6 is 0 Å². The second kappa shape index (κ2) is 10.4. The molecule has 0 radical (unpaired) electrons. The van der Waals surface area contributed by atoms with Crippen molar-refractivity contribution in [1.29, 1.82) is 0 Å². The first-order valence-corrected chi connectivity index (χ1v) is 9.77. The molecule has 1 aliphatic heterocycles. The van der Waals surface area contributed by atoms with Gasteiger partial charge in [-0.3, -0.25) is 4.90 Å². The maximum atomic E-state index is 13.7. The van der Waals surface area contributed by atoms with Crippen molar-refractivity contribution >= 4 is 6.09 Å². The fourth-order valence-electron chi connectivity index (χ4n) is 3.69. The molecule has 8 heteroatoms. The molecule has 6 nitrogen and oxygen atoms in total. The summed E-state index contributed by atoms with van der Waals surface area (Å²) in [7, 11) is 1.58. The molecule has 0 saturated carbocycles. The van der Waals surface area contributed by atoms with E-state index in [-0.39, 0.29) is 13.0 Å². The van der Waals surface area contributed by atoms with E-state index in [1.807, 2.05) is 30.3 Å². The average Bonchev–Trinajstić information content (AvgIpc) is 3.16. The third-order valence-corrected chi connectivity index (χ3v) is 5.30. The number of rotatable bonds is 8. The second-order valence-corrected chi connectivity index (χ2v) is 7.17. The molecule has 1 unspecified atom stereocenters. The number of hydrogen-bond acceptors (Lipinski definition) is 5. The standard InChI is InChI=1S/C22H26F2N2O4/c1-29-17-9-7-15(8-10-17)12-25-18-11-19(21(23)24)26(20(18)13-27)22(28)30-14-16-5-3-2-4-6-16/h2-10,18-21,25,27H,11-14H2,1H3/t18-,19-,20?/m0/s1. The van der Waals surface area contributed by atoms with Gasteiger partial charge in [0.1, 0.15) is 12.4 Å². The molecule has 30 heavy (non-hydrogen) atoms. The number of aliphatic hydroxyl groups excluding tert-OH is 1. The van der Waals surface area contributed by atoms with E-state index >= 15 is 0 Å². The number of nitrogens with one attached hydrogen (secondary N) is 1. The Labute approximate surface area is 174 Å². The average molecular weight is 420 g/mol. The highest BCUT2D eigenvalue weighted by Crippen LogP contribution is 2.30. The van der Waals surface area contributed by atoms with Crippen molar-refractivity contribution in [1.82, 2.24) is 10.2 Å². The quantitative estimate of drug-likeness (QED) is 0.686. The van der Waals surface area contributed by atoms with Crippen molar-refractivity contribution < 1.29 is 28.2 Å². The number of carbonyl (C=O) groups is 1. The van der Waals surface area contributed by atoms with E-state index in [4.69, 9.17) is 9.47 Å². The van der Waals surface area contributed by atoms with Crippen LogP contribution in [-0.4, -0.2) is 54.4 Å². The molecule has 0 spiro atoms. The van der Waals surface area contributed by atoms with Gasteiger partial charge >= 0.3 is 6.09 Å². The van der Waals surface area contributed by atoms with Crippen LogP contribution < -0.4 is 10.1 Å². The summed E-state index contributed by atoms with van der Waals surface area (Å²) in [4.78, 5) is 13.6. The summed E-state index contributed by atoms with van der Waals surface area (Å²) in [6.07, 6.45) is -3.56. The van der Waals surface area contributed by atoms with E-state index < -0.39 is 37.3 Å². The maximum Gasteiger partial charge on any atom is 0.410 e. The fourth-order valence-corrected chi connectivity index (χ4v) is 3.69. The van der Waals surface area contributed by atoms with Gasteiger partial charge in [-0.1, -0.05) is 42.5 Å². The molecule has 2 N–H and O–H groups in total. The van der Waals surface area contributed by atoms with Crippen LogP contribution in [0.2, 0.25) is 0 Å². The normalized spacial score (nSPS) is 21.1. The SMILES string of the molecule is COc1ccc(CN[C@H]2C[C@@H](C(F)F)N(C(=O)OCc3ccccc3)C2CO)cc1. The molecule has 1 heterocycles. The topological polar surface area (TPSA) is 71.0 Å². The summed E-state index contributed by atoms with van der Waals surface area (Å²) in [5.41, 5.74) is 1.69. The molecule has 2 aromatic rings. The van der Waals surface area contributed by atoms with Crippen LogP contribution in [0.15, 0.2) is 54.6 Å². The van der Waals surface area contributed by atoms with E-state index in [1.165, 1.54) is 0 Å². The first-order valence-electron chi connectivity index (χ1n) is 9.77. The molecule has 0 aromatic heterocycles. The molecule has 1 aliphatic rings. The Morgan fingerprint density at radius 3 is 2.47 bits per heavy atom. The summed E-state index contributed by atoms with van der Waals surface area (Å²) in [6, 6.07) is 13.7. The van der Waals surface area contributed by atoms with Crippen LogP contribution in [0.1, 0.15) is 17.5 Å². The Balaban J connectivity index is 1.65. The van der Waals surface area contributed by atoms with Gasteiger partial charge < -0.3 is 19.9 Å². The number of alkyl halides is 2. The highest BCUT2D eigenvalue weighted by molar-refractivity contribution is 5.69. The van der Waals surface area contributed by atoms with E-state index in [2.05, 4.69) is 5.32 Å². The van der Waals surface area contributed by atoms with Crippen molar-refractivity contribution in [3.8, 4) is 5.75 Å². The number of nitrogens with zero attached hydrogens (tertiary/aromatic N) is 1. The molecule has 0 aliphatic carbocycles. The summed E-state index contributed by atoms with van der Waals surface area (Å²) < 4.78 is 37.7. The molecule has 162 valence electrons. The Morgan fingerprint density at radius 1 is 1.17 bits per heavy atom. The molecular formula is C22H26F2N2O4. The van der Waals surface area contributed by atoms with Crippen molar-refractivity contribution in [2.75, 3.05) is 13.7 Å². The predicted octanol–water partition coefficient (Wildman–Crippen LogP) is 3.19. The van der Waals surface area contributed by atoms with Gasteiger partial charge in [-0.2, -0.15) is 0 Å². The zero-order valence-corrected chi connectivity index (χ0v) is 16.7. The lowest BCUT2D eigenvalue weighted by Gasteiger charge is -2.29. The van der Waals surface area contributed by atoms with Gasteiger partial charge in [0.15, 0.2) is 0 Å². The number of aliphatic hydroxyl groups is 1. The lowest BCUT2D eigenvalue weighted by atomic mass is 10.1. The number of amides is 1. The zero-order valence-electron chi connectivity index (χ0n) is 16.7. The largest absolute Gasteiger partial charge is 0.497 e. The molecule has 0 bridgehead atoms. The van der Waals surface area contributed by atoms with Crippen LogP contribution in [0, 0.1) is 0 Å². The minimum absolute atomic E-state index is 0.0196. The van der Waals surface area contributed by atoms with Crippen LogP contribution in [0.3, 0.4) is 0 Å². The van der Waals surface area contributed by atoms with Gasteiger partial charge in [-0.05, 0) is 29.7 Å². The van der Waals surface area contributed by atoms with Crippen molar-refractivity contribution in [3.63, 3.8) is 0 Å². The molecule has 1 amide bonds. The number of likely N-dealkylation sites (tertiary alicyclic amines) is 1. The first-order chi connectivity index (χ1) is 14.5. The smallest absolute Gasteiger partial charge is 0.410 e. The minimum atomic E-state index is -2.74. The highest BCUT2D eigenvalue weighted by atomic mass is 19.3. The van der Waals surface area contributed by atoms with Crippen LogP contribution in [0.5, 0.6) is 5.75 Å². The van der Waals surface area contributed by atoms with Crippen LogP contribution in [0.4, 0.5) is 13.6 Å². The number of ether oxygens (including phenoxy) is 2. The Kier molecular flexibility index (Phi) is 7.59. The van der Waals surface area contributed by atoms with Crippen molar-refractivity contribution in [2.45, 2.75) is 44.1 Å². The van der Waals surface area contributed by atoms with Gasteiger partial charge in [-0.15, -0.1) is 0 Å². The summed E-state index contributed by atoms with van der Waals surface area (Å²) in [5, 5.41) is 13.1. The number of halogens is 2. The number of hydrogen-bond donors (Lipinski definition) is 2. The number of methoxy groups -OCH3 is 1. The van der Waals surface area contributed by atoms with Gasteiger partial charge in [-0.25, -0.2) is 13.6 Å². The second-order valence-electron chi connectivity index (χ2n) is 7.17. The summed E-state index contributed by atoms with van der Waals surface area (Å²) in [6.45, 7) is -0.0494. The third-order valence-electron chi connectivity index (χ3n) is 5.30. The van der Waals surface area contributed by atoms with Crippen LogP contribution in [-0.2, 0) is 17.9 Å². The molecular weight excluding hydrogens is 394 g/mol. The van der Waals surface area contributed by atoms with E-state index in [0.29, 0.717) is 6.54 Å². The Hall–Kier alpha value is -2.71. The van der Waals surface area contributed by atoms with E-state index in [9.17, 15) is 18.7 Å². The minimum Gasteiger partial charge on any atom is -0.497 e. The molecule has 3 atom stereocenters. The Bertz CT molecular complexity index is 805. The van der Waals surface area contributed by atoms with Crippen molar-refractivity contribution in [2.24, 2.45) is 0 Å². The van der Waals surface area contributed by atoms with Crippen LogP contribution in [0.25, 0.3) is 0 Å². The maximum absolute atomic E-state index is 13.7. The molecule has 1 saturated heterocycles. The van der Waals surface area contributed by atoms with Gasteiger partial charge in [0, 0.05) is 12.6 Å². The van der Waals surface area contributed by atoms with E-state index in [1.54, 1.807) is 31.4 Å². The zero-order chi connectivity index (χ0) is 21.5. The highest BCUT2D eigenvalue weighted by Gasteiger charge is 2.48. The molecule has 2 aromatic carbocycles. The lowest BCUT2D eigenvalue weighted by molar-refractivity contribution is 0.0116. The van der Waals surface area contributed by atoms with Gasteiger partial charge in [0.25, 0.3) is 6.43 Å². The predicted molar refractivity (Wildman–Crippen MR) is 107 cm³/mol. The molecule has 1 fully saturated rings. The Morgan fingerprint density at radius 2 is 1.87 bits per heavy atom. The van der Waals surface area contributed by atoms with Gasteiger partial charge in [0.05, 0.1) is 25.8 Å². The first kappa shape index (κ1) is 22.0. The summed E-state index contributed by atoms with van der Waals surface area (Å²) >= 11 is 0.